The van der Waals surface area contributed by atoms with Gasteiger partial charge in [-0.05, 0) is 12.8 Å². The van der Waals surface area contributed by atoms with Gasteiger partial charge in [0.15, 0.2) is 0 Å². The van der Waals surface area contributed by atoms with Gasteiger partial charge in [-0.15, -0.1) is 0 Å². The highest BCUT2D eigenvalue weighted by atomic mass is 32.2. The fourth-order valence-electron chi connectivity index (χ4n) is 1.36. The first-order valence-corrected chi connectivity index (χ1v) is 6.32. The lowest BCUT2D eigenvalue weighted by Crippen LogP contribution is -2.20. The molecule has 15 heavy (non-hydrogen) atoms. The fraction of sp³-hybridized carbons (Fsp3) is 0.625. The van der Waals surface area contributed by atoms with Crippen molar-refractivity contribution in [2.75, 3.05) is 4.72 Å². The molecule has 1 aliphatic carbocycles. The number of hydrogen-bond acceptors (Lipinski definition) is 4. The fourth-order valence-corrected chi connectivity index (χ4v) is 2.82. The first-order valence-electron chi connectivity index (χ1n) is 4.77. The molecular weight excluding hydrogens is 216 g/mol. The highest BCUT2D eigenvalue weighted by Gasteiger charge is 2.36. The Morgan fingerprint density at radius 1 is 1.67 bits per heavy atom. The number of hydrogen-bond donors (Lipinski definition) is 2. The van der Waals surface area contributed by atoms with E-state index in [4.69, 9.17) is 5.73 Å². The molecule has 0 spiro atoms. The Morgan fingerprint density at radius 2 is 2.33 bits per heavy atom. The summed E-state index contributed by atoms with van der Waals surface area (Å²) in [7, 11) is -1.55. The molecule has 84 valence electrons. The lowest BCUT2D eigenvalue weighted by Gasteiger charge is -2.08. The zero-order valence-electron chi connectivity index (χ0n) is 8.47. The maximum Gasteiger partial charge on any atom is 0.236 e. The Bertz CT molecular complexity index is 461. The molecule has 1 aromatic heterocycles. The summed E-state index contributed by atoms with van der Waals surface area (Å²) in [4.78, 5) is 0. The van der Waals surface area contributed by atoms with Crippen LogP contribution in [0.1, 0.15) is 18.4 Å². The van der Waals surface area contributed by atoms with E-state index in [0.29, 0.717) is 11.4 Å². The number of nitrogens with zero attached hydrogens (tertiary/aromatic N) is 2. The molecule has 1 fully saturated rings. The second-order valence-corrected chi connectivity index (χ2v) is 5.65. The van der Waals surface area contributed by atoms with E-state index in [1.807, 2.05) is 0 Å². The number of aromatic nitrogens is 2. The van der Waals surface area contributed by atoms with E-state index in [9.17, 15) is 8.42 Å². The molecule has 0 radical (unpaired) electrons. The Hall–Kier alpha value is -1.08. The van der Waals surface area contributed by atoms with Crippen LogP contribution >= 0.6 is 0 Å². The molecule has 0 bridgehead atoms. The molecule has 0 amide bonds. The summed E-state index contributed by atoms with van der Waals surface area (Å²) >= 11 is 0. The summed E-state index contributed by atoms with van der Waals surface area (Å²) in [6.45, 7) is 0.274. The third-order valence-corrected chi connectivity index (χ3v) is 4.26. The third-order valence-electron chi connectivity index (χ3n) is 2.44. The highest BCUT2D eigenvalue weighted by molar-refractivity contribution is 7.93. The highest BCUT2D eigenvalue weighted by Crippen LogP contribution is 2.30. The van der Waals surface area contributed by atoms with Crippen molar-refractivity contribution in [2.24, 2.45) is 12.8 Å². The molecule has 2 rings (SSSR count). The van der Waals surface area contributed by atoms with Gasteiger partial charge in [0.25, 0.3) is 0 Å². The van der Waals surface area contributed by atoms with Gasteiger partial charge in [-0.1, -0.05) is 0 Å². The van der Waals surface area contributed by atoms with Gasteiger partial charge >= 0.3 is 0 Å². The largest absolute Gasteiger partial charge is 0.326 e. The van der Waals surface area contributed by atoms with E-state index in [1.54, 1.807) is 13.2 Å². The number of nitrogens with one attached hydrogen (secondary N) is 1. The summed E-state index contributed by atoms with van der Waals surface area (Å²) in [6, 6.07) is 0. The first-order chi connectivity index (χ1) is 7.04. The summed E-state index contributed by atoms with van der Waals surface area (Å²) < 4.78 is 27.4. The van der Waals surface area contributed by atoms with Crippen molar-refractivity contribution >= 4 is 15.8 Å². The van der Waals surface area contributed by atoms with Crippen molar-refractivity contribution in [2.45, 2.75) is 24.6 Å². The second-order valence-electron chi connectivity index (χ2n) is 3.69. The predicted molar refractivity (Wildman–Crippen MR) is 56.7 cm³/mol. The van der Waals surface area contributed by atoms with Crippen LogP contribution in [-0.2, 0) is 23.6 Å². The average molecular weight is 230 g/mol. The zero-order valence-corrected chi connectivity index (χ0v) is 9.29. The van der Waals surface area contributed by atoms with Gasteiger partial charge in [-0.2, -0.15) is 5.10 Å². The minimum absolute atomic E-state index is 0.238. The van der Waals surface area contributed by atoms with Crippen LogP contribution in [0.5, 0.6) is 0 Å². The molecular formula is C8H14N4O2S. The van der Waals surface area contributed by atoms with Crippen LogP contribution in [-0.4, -0.2) is 23.4 Å². The number of anilines is 1. The van der Waals surface area contributed by atoms with Gasteiger partial charge in [0.05, 0.1) is 11.4 Å². The van der Waals surface area contributed by atoms with Gasteiger partial charge < -0.3 is 5.73 Å². The molecule has 1 heterocycles. The molecule has 0 atom stereocenters. The Kier molecular flexibility index (Phi) is 2.43. The molecule has 0 aliphatic heterocycles. The van der Waals surface area contributed by atoms with Crippen LogP contribution in [0, 0.1) is 0 Å². The minimum Gasteiger partial charge on any atom is -0.326 e. The van der Waals surface area contributed by atoms with Crippen LogP contribution in [0.2, 0.25) is 0 Å². The Balaban J connectivity index is 2.26. The quantitative estimate of drug-likeness (QED) is 0.748. The van der Waals surface area contributed by atoms with Crippen LogP contribution in [0.25, 0.3) is 0 Å². The Labute approximate surface area is 88.5 Å². The predicted octanol–water partition coefficient (Wildman–Crippen LogP) is -0.217. The third kappa shape index (κ3) is 1.98. The van der Waals surface area contributed by atoms with Crippen LogP contribution in [0.3, 0.4) is 0 Å². The van der Waals surface area contributed by atoms with Gasteiger partial charge in [-0.3, -0.25) is 9.40 Å². The first kappa shape index (κ1) is 10.4. The van der Waals surface area contributed by atoms with E-state index in [2.05, 4.69) is 9.82 Å². The maximum atomic E-state index is 11.7. The van der Waals surface area contributed by atoms with Crippen LogP contribution in [0.15, 0.2) is 6.20 Å². The molecule has 7 heteroatoms. The van der Waals surface area contributed by atoms with E-state index < -0.39 is 10.0 Å². The number of aryl methyl sites for hydroxylation is 1. The smallest absolute Gasteiger partial charge is 0.236 e. The topological polar surface area (TPSA) is 90.0 Å². The number of sulfonamides is 1. The molecule has 0 unspecified atom stereocenters. The summed E-state index contributed by atoms with van der Waals surface area (Å²) in [5.41, 5.74) is 6.20. The molecule has 1 saturated carbocycles. The van der Waals surface area contributed by atoms with E-state index >= 15 is 0 Å². The molecule has 6 nitrogen and oxygen atoms in total. The standard InChI is InChI=1S/C8H14N4O2S/c1-12-8(6(4-9)5-10-12)11-15(13,14)7-2-3-7/h5,7,11H,2-4,9H2,1H3. The summed E-state index contributed by atoms with van der Waals surface area (Å²) in [5, 5.41) is 3.72. The summed E-state index contributed by atoms with van der Waals surface area (Å²) in [5.74, 6) is 0.476. The maximum absolute atomic E-state index is 11.7. The van der Waals surface area contributed by atoms with Gasteiger partial charge in [0.1, 0.15) is 5.82 Å². The lowest BCUT2D eigenvalue weighted by molar-refractivity contribution is 0.599. The van der Waals surface area contributed by atoms with Crippen molar-refractivity contribution in [3.05, 3.63) is 11.8 Å². The van der Waals surface area contributed by atoms with E-state index in [0.717, 1.165) is 12.8 Å². The second kappa shape index (κ2) is 3.49. The van der Waals surface area contributed by atoms with E-state index in [-0.39, 0.29) is 11.8 Å². The zero-order chi connectivity index (χ0) is 11.1. The molecule has 0 aromatic carbocycles. The number of rotatable bonds is 4. The van der Waals surface area contributed by atoms with Crippen molar-refractivity contribution in [3.8, 4) is 0 Å². The lowest BCUT2D eigenvalue weighted by atomic mass is 10.3. The number of nitrogens with two attached hydrogens (primary N) is 1. The molecule has 0 saturated heterocycles. The van der Waals surface area contributed by atoms with Crippen LogP contribution in [0.4, 0.5) is 5.82 Å². The van der Waals surface area contributed by atoms with Crippen molar-refractivity contribution in [3.63, 3.8) is 0 Å². The van der Waals surface area contributed by atoms with Gasteiger partial charge in [0.2, 0.25) is 10.0 Å². The molecule has 1 aromatic rings. The van der Waals surface area contributed by atoms with Crippen molar-refractivity contribution < 1.29 is 8.42 Å². The van der Waals surface area contributed by atoms with Gasteiger partial charge in [-0.25, -0.2) is 8.42 Å². The average Bonchev–Trinajstić information content (AvgIpc) is 2.96. The van der Waals surface area contributed by atoms with E-state index in [1.165, 1.54) is 4.68 Å². The van der Waals surface area contributed by atoms with Gasteiger partial charge in [0, 0.05) is 19.2 Å². The Morgan fingerprint density at radius 3 is 2.87 bits per heavy atom. The van der Waals surface area contributed by atoms with Crippen LogP contribution < -0.4 is 10.5 Å². The van der Waals surface area contributed by atoms with Crippen molar-refractivity contribution in [1.29, 1.82) is 0 Å². The SMILES string of the molecule is Cn1ncc(CN)c1NS(=O)(=O)C1CC1. The summed E-state index contributed by atoms with van der Waals surface area (Å²) in [6.07, 6.45) is 3.06. The normalized spacial score (nSPS) is 16.7. The van der Waals surface area contributed by atoms with Crippen molar-refractivity contribution in [1.82, 2.24) is 9.78 Å². The monoisotopic (exact) mass is 230 g/mol. The molecule has 1 aliphatic rings. The minimum atomic E-state index is -3.23. The molecule has 3 N–H and O–H groups in total.